The van der Waals surface area contributed by atoms with Gasteiger partial charge < -0.3 is 0 Å². The Bertz CT molecular complexity index is 72.9. The third-order valence-corrected chi connectivity index (χ3v) is 1.92. The Morgan fingerprint density at radius 3 is 2.50 bits per heavy atom. The molecule has 1 aliphatic carbocycles. The third-order valence-electron chi connectivity index (χ3n) is 1.92. The fourth-order valence-electron chi connectivity index (χ4n) is 1.27. The van der Waals surface area contributed by atoms with E-state index < -0.39 is 0 Å². The molecule has 8 heavy (non-hydrogen) atoms. The summed E-state index contributed by atoms with van der Waals surface area (Å²) in [4.78, 5) is 4.22. The van der Waals surface area contributed by atoms with E-state index in [9.17, 15) is 0 Å². The smallest absolute Gasteiger partial charge is 0.0952 e. The molecule has 0 aliphatic heterocycles. The van der Waals surface area contributed by atoms with Crippen molar-refractivity contribution < 1.29 is 10.1 Å². The fourth-order valence-corrected chi connectivity index (χ4v) is 1.27. The number of hydrogen-bond acceptors (Lipinski definition) is 2. The Hall–Kier alpha value is -0.0800. The molecule has 0 aromatic heterocycles. The first-order valence-electron chi connectivity index (χ1n) is 3.15. The molecule has 0 aromatic rings. The molecule has 1 fully saturated rings. The van der Waals surface area contributed by atoms with Gasteiger partial charge in [0.05, 0.1) is 6.10 Å². The first kappa shape index (κ1) is 6.05. The minimum Gasteiger partial charge on any atom is -0.252 e. The van der Waals surface area contributed by atoms with E-state index in [2.05, 4.69) is 11.8 Å². The molecule has 0 bridgehead atoms. The zero-order chi connectivity index (χ0) is 5.98. The van der Waals surface area contributed by atoms with Gasteiger partial charge in [-0.05, 0) is 18.8 Å². The van der Waals surface area contributed by atoms with Gasteiger partial charge in [0.1, 0.15) is 0 Å². The molecule has 1 unspecified atom stereocenters. The Labute approximate surface area is 49.4 Å². The maximum atomic E-state index is 8.24. The lowest BCUT2D eigenvalue weighted by Crippen LogP contribution is -2.12. The first-order valence-corrected chi connectivity index (χ1v) is 3.15. The quantitative estimate of drug-likeness (QED) is 0.417. The molecule has 0 radical (unpaired) electrons. The molecule has 0 heterocycles. The molecule has 2 heteroatoms. The van der Waals surface area contributed by atoms with Gasteiger partial charge in [-0.2, -0.15) is 0 Å². The van der Waals surface area contributed by atoms with Crippen LogP contribution in [0.1, 0.15) is 26.2 Å². The topological polar surface area (TPSA) is 29.5 Å². The van der Waals surface area contributed by atoms with Gasteiger partial charge >= 0.3 is 0 Å². The van der Waals surface area contributed by atoms with Crippen LogP contribution < -0.4 is 0 Å². The van der Waals surface area contributed by atoms with Gasteiger partial charge in [-0.15, -0.1) is 0 Å². The van der Waals surface area contributed by atoms with Crippen molar-refractivity contribution in [2.45, 2.75) is 32.3 Å². The van der Waals surface area contributed by atoms with Crippen LogP contribution >= 0.6 is 0 Å². The molecule has 0 spiro atoms. The number of rotatable bonds is 1. The van der Waals surface area contributed by atoms with Crippen molar-refractivity contribution in [3.8, 4) is 0 Å². The van der Waals surface area contributed by atoms with Crippen LogP contribution in [0.4, 0.5) is 0 Å². The fraction of sp³-hybridized carbons (Fsp3) is 1.00. The Morgan fingerprint density at radius 1 is 1.50 bits per heavy atom. The zero-order valence-electron chi connectivity index (χ0n) is 5.13. The van der Waals surface area contributed by atoms with Crippen LogP contribution in [0.15, 0.2) is 0 Å². The largest absolute Gasteiger partial charge is 0.252 e. The van der Waals surface area contributed by atoms with Gasteiger partial charge in [-0.25, -0.2) is 4.89 Å². The lowest BCUT2D eigenvalue weighted by Gasteiger charge is -2.08. The van der Waals surface area contributed by atoms with Gasteiger partial charge in [0.15, 0.2) is 0 Å². The van der Waals surface area contributed by atoms with Crippen molar-refractivity contribution in [2.24, 2.45) is 5.92 Å². The second kappa shape index (κ2) is 2.46. The third kappa shape index (κ3) is 1.01. The highest BCUT2D eigenvalue weighted by Crippen LogP contribution is 2.26. The molecule has 0 amide bonds. The lowest BCUT2D eigenvalue weighted by molar-refractivity contribution is -0.284. The predicted molar refractivity (Wildman–Crippen MR) is 30.5 cm³/mol. The van der Waals surface area contributed by atoms with Crippen LogP contribution in [-0.4, -0.2) is 11.4 Å². The van der Waals surface area contributed by atoms with Gasteiger partial charge in [0.2, 0.25) is 0 Å². The predicted octanol–water partition coefficient (Wildman–Crippen LogP) is 1.66. The number of hydrogen-bond donors (Lipinski definition) is 1. The van der Waals surface area contributed by atoms with Crippen molar-refractivity contribution in [1.82, 2.24) is 0 Å². The minimum atomic E-state index is 0.120. The van der Waals surface area contributed by atoms with Gasteiger partial charge in [-0.3, -0.25) is 5.26 Å². The van der Waals surface area contributed by atoms with Crippen molar-refractivity contribution >= 4 is 0 Å². The molecule has 2 atom stereocenters. The maximum absolute atomic E-state index is 8.24. The second-order valence-electron chi connectivity index (χ2n) is 2.55. The van der Waals surface area contributed by atoms with Crippen molar-refractivity contribution in [3.63, 3.8) is 0 Å². The second-order valence-corrected chi connectivity index (χ2v) is 2.55. The van der Waals surface area contributed by atoms with E-state index in [1.807, 2.05) is 0 Å². The Morgan fingerprint density at radius 2 is 2.25 bits per heavy atom. The minimum absolute atomic E-state index is 0.120. The molecular weight excluding hydrogens is 104 g/mol. The van der Waals surface area contributed by atoms with Crippen molar-refractivity contribution in [2.75, 3.05) is 0 Å². The first-order chi connectivity index (χ1) is 3.84. The van der Waals surface area contributed by atoms with Gasteiger partial charge in [0, 0.05) is 0 Å². The molecule has 0 aromatic carbocycles. The monoisotopic (exact) mass is 116 g/mol. The molecule has 0 saturated heterocycles. The summed E-state index contributed by atoms with van der Waals surface area (Å²) in [5, 5.41) is 8.24. The van der Waals surface area contributed by atoms with E-state index >= 15 is 0 Å². The molecule has 1 N–H and O–H groups in total. The molecule has 1 aliphatic rings. The Kier molecular flexibility index (Phi) is 1.86. The van der Waals surface area contributed by atoms with Crippen LogP contribution in [0.5, 0.6) is 0 Å². The van der Waals surface area contributed by atoms with E-state index in [-0.39, 0.29) is 6.10 Å². The van der Waals surface area contributed by atoms with E-state index in [4.69, 9.17) is 5.26 Å². The molecule has 1 saturated carbocycles. The molecule has 1 rings (SSSR count). The summed E-state index contributed by atoms with van der Waals surface area (Å²) in [6.45, 7) is 2.11. The summed E-state index contributed by atoms with van der Waals surface area (Å²) in [5.41, 5.74) is 0. The normalized spacial score (nSPS) is 38.2. The molecule has 2 nitrogen and oxygen atoms in total. The highest BCUT2D eigenvalue weighted by Gasteiger charge is 2.23. The van der Waals surface area contributed by atoms with Gasteiger partial charge in [-0.1, -0.05) is 13.3 Å². The van der Waals surface area contributed by atoms with Gasteiger partial charge in [0.25, 0.3) is 0 Å². The highest BCUT2D eigenvalue weighted by atomic mass is 17.1. The average Bonchev–Trinajstić information content (AvgIpc) is 2.14. The van der Waals surface area contributed by atoms with Crippen LogP contribution in [0, 0.1) is 5.92 Å². The molecular formula is C6H12O2. The average molecular weight is 116 g/mol. The van der Waals surface area contributed by atoms with Crippen LogP contribution in [0.25, 0.3) is 0 Å². The SMILES string of the molecule is C[C@@H]1CCCC1OO. The van der Waals surface area contributed by atoms with E-state index in [1.165, 1.54) is 12.8 Å². The summed E-state index contributed by atoms with van der Waals surface area (Å²) in [6, 6.07) is 0. The Balaban J connectivity index is 2.30. The standard InChI is InChI=1S/C6H12O2/c1-5-3-2-4-6(5)8-7/h5-7H,2-4H2,1H3/t5-,6?/m1/s1. The van der Waals surface area contributed by atoms with E-state index in [1.54, 1.807) is 0 Å². The summed E-state index contributed by atoms with van der Waals surface area (Å²) < 4.78 is 0. The zero-order valence-corrected chi connectivity index (χ0v) is 5.13. The summed E-state index contributed by atoms with van der Waals surface area (Å²) >= 11 is 0. The lowest BCUT2D eigenvalue weighted by atomic mass is 10.1. The van der Waals surface area contributed by atoms with Crippen LogP contribution in [0.3, 0.4) is 0 Å². The van der Waals surface area contributed by atoms with Crippen LogP contribution in [-0.2, 0) is 4.89 Å². The van der Waals surface area contributed by atoms with E-state index in [0.29, 0.717) is 5.92 Å². The maximum Gasteiger partial charge on any atom is 0.0952 e. The summed E-state index contributed by atoms with van der Waals surface area (Å²) in [7, 11) is 0. The summed E-state index contributed by atoms with van der Waals surface area (Å²) in [5.74, 6) is 0.556. The highest BCUT2D eigenvalue weighted by molar-refractivity contribution is 4.72. The van der Waals surface area contributed by atoms with E-state index in [0.717, 1.165) is 6.42 Å². The summed E-state index contributed by atoms with van der Waals surface area (Å²) in [6.07, 6.45) is 3.55. The van der Waals surface area contributed by atoms with Crippen LogP contribution in [0.2, 0.25) is 0 Å². The van der Waals surface area contributed by atoms with Crippen molar-refractivity contribution in [3.05, 3.63) is 0 Å². The van der Waals surface area contributed by atoms with Crippen molar-refractivity contribution in [1.29, 1.82) is 0 Å². The molecule has 48 valence electrons.